The fourth-order valence-corrected chi connectivity index (χ4v) is 8.44. The molecular formula is C34H44N10O8S2. The van der Waals surface area contributed by atoms with Crippen LogP contribution in [0.5, 0.6) is 0 Å². The van der Waals surface area contributed by atoms with Crippen molar-refractivity contribution >= 4 is 46.7 Å². The van der Waals surface area contributed by atoms with Crippen LogP contribution in [-0.4, -0.2) is 130 Å². The lowest BCUT2D eigenvalue weighted by Crippen LogP contribution is -2.54. The lowest BCUT2D eigenvalue weighted by Gasteiger charge is -2.30. The van der Waals surface area contributed by atoms with E-state index in [1.165, 1.54) is 51.1 Å². The molecule has 4 amide bonds. The molecule has 0 unspecified atom stereocenters. The summed E-state index contributed by atoms with van der Waals surface area (Å²) < 4.78 is 20.2. The molecule has 0 bridgehead atoms. The number of carbonyl (C=O) groups is 4. The highest BCUT2D eigenvalue weighted by Gasteiger charge is 2.40. The van der Waals surface area contributed by atoms with Crippen molar-refractivity contribution in [1.82, 2.24) is 50.3 Å². The molecule has 2 fully saturated rings. The highest BCUT2D eigenvalue weighted by Crippen LogP contribution is 2.39. The fraction of sp³-hybridized carbons (Fsp3) is 0.529. The summed E-state index contributed by atoms with van der Waals surface area (Å²) in [6.45, 7) is 4.47. The molecule has 2 aliphatic rings. The van der Waals surface area contributed by atoms with Crippen molar-refractivity contribution in [1.29, 1.82) is 0 Å². The number of alkyl carbamates (subject to hydrolysis) is 2. The van der Waals surface area contributed by atoms with Gasteiger partial charge < -0.3 is 49.3 Å². The number of likely N-dealkylation sites (tertiary alicyclic amines) is 2. The molecule has 0 saturated carbocycles. The third-order valence-corrected chi connectivity index (χ3v) is 12.0. The van der Waals surface area contributed by atoms with Gasteiger partial charge in [0, 0.05) is 39.7 Å². The van der Waals surface area contributed by atoms with Gasteiger partial charge in [-0.3, -0.25) is 9.59 Å². The topological polar surface area (TPSA) is 219 Å². The number of aromatic nitrogens is 6. The highest BCUT2D eigenvalue weighted by atomic mass is 32.1. The molecule has 18 nitrogen and oxygen atoms in total. The Labute approximate surface area is 319 Å². The molecule has 0 spiro atoms. The van der Waals surface area contributed by atoms with E-state index in [1.54, 1.807) is 48.4 Å². The maximum absolute atomic E-state index is 13.6. The van der Waals surface area contributed by atoms with Crippen LogP contribution >= 0.6 is 22.7 Å². The molecule has 290 valence electrons. The van der Waals surface area contributed by atoms with Crippen molar-refractivity contribution in [3.05, 3.63) is 36.4 Å². The van der Waals surface area contributed by atoms with Gasteiger partial charge in [-0.2, -0.15) is 0 Å². The van der Waals surface area contributed by atoms with Gasteiger partial charge in [-0.25, -0.2) is 29.5 Å². The van der Waals surface area contributed by atoms with E-state index in [4.69, 9.17) is 18.9 Å². The predicted octanol–water partition coefficient (Wildman–Crippen LogP) is 3.89. The smallest absolute Gasteiger partial charge is 0.407 e. The number of H-pyrrole nitrogens is 2. The number of ether oxygens (including phenoxy) is 4. The first-order chi connectivity index (χ1) is 26.1. The van der Waals surface area contributed by atoms with E-state index in [0.717, 1.165) is 44.0 Å². The summed E-state index contributed by atoms with van der Waals surface area (Å²) in [6, 6.07) is -2.43. The lowest BCUT2D eigenvalue weighted by atomic mass is 10.1. The van der Waals surface area contributed by atoms with E-state index >= 15 is 0 Å². The molecule has 0 aromatic carbocycles. The Balaban J connectivity index is 1.13. The van der Waals surface area contributed by atoms with Crippen LogP contribution in [0.15, 0.2) is 24.8 Å². The molecule has 0 radical (unpaired) electrons. The summed E-state index contributed by atoms with van der Waals surface area (Å²) in [5.74, 6) is 0.744. The zero-order valence-corrected chi connectivity index (χ0v) is 32.4. The minimum Gasteiger partial charge on any atom is -0.453 e. The molecule has 2 saturated heterocycles. The second-order valence-electron chi connectivity index (χ2n) is 12.9. The largest absolute Gasteiger partial charge is 0.453 e. The van der Waals surface area contributed by atoms with E-state index in [2.05, 4.69) is 40.5 Å². The maximum Gasteiger partial charge on any atom is 0.407 e. The van der Waals surface area contributed by atoms with Crippen LogP contribution in [0.25, 0.3) is 31.2 Å². The quantitative estimate of drug-likeness (QED) is 0.152. The number of nitrogens with one attached hydrogen (secondary N) is 4. The Morgan fingerprint density at radius 3 is 1.46 bits per heavy atom. The number of aromatic amines is 2. The molecule has 4 aromatic heterocycles. The summed E-state index contributed by atoms with van der Waals surface area (Å²) in [7, 11) is 5.46. The van der Waals surface area contributed by atoms with E-state index in [0.29, 0.717) is 37.6 Å². The molecule has 20 heteroatoms. The summed E-state index contributed by atoms with van der Waals surface area (Å²) in [5, 5.41) is 6.66. The Bertz CT molecular complexity index is 1810. The van der Waals surface area contributed by atoms with Crippen molar-refractivity contribution in [2.45, 2.75) is 75.9 Å². The van der Waals surface area contributed by atoms with Gasteiger partial charge in [-0.15, -0.1) is 22.7 Å². The molecule has 4 N–H and O–H groups in total. The number of rotatable bonds is 13. The van der Waals surface area contributed by atoms with Gasteiger partial charge >= 0.3 is 12.2 Å². The number of carbonyl (C=O) groups excluding carboxylic acids is 4. The predicted molar refractivity (Wildman–Crippen MR) is 197 cm³/mol. The first-order valence-electron chi connectivity index (χ1n) is 17.4. The van der Waals surface area contributed by atoms with Gasteiger partial charge in [-0.1, -0.05) is 0 Å². The van der Waals surface area contributed by atoms with E-state index < -0.39 is 36.5 Å². The van der Waals surface area contributed by atoms with Crippen molar-refractivity contribution in [3.8, 4) is 31.2 Å². The normalized spacial score (nSPS) is 19.3. The minimum atomic E-state index is -0.917. The molecule has 6 atom stereocenters. The van der Waals surface area contributed by atoms with Gasteiger partial charge in [0.15, 0.2) is 10.0 Å². The van der Waals surface area contributed by atoms with Crippen LogP contribution < -0.4 is 10.6 Å². The Morgan fingerprint density at radius 1 is 0.685 bits per heavy atom. The summed E-state index contributed by atoms with van der Waals surface area (Å²) in [6.07, 6.45) is 7.42. The number of nitrogens with zero attached hydrogens (tertiary/aromatic N) is 6. The number of methoxy groups -OCH3 is 4. The molecule has 54 heavy (non-hydrogen) atoms. The second-order valence-corrected chi connectivity index (χ2v) is 15.0. The van der Waals surface area contributed by atoms with Gasteiger partial charge in [-0.05, 0) is 39.5 Å². The highest BCUT2D eigenvalue weighted by molar-refractivity contribution is 7.24. The van der Waals surface area contributed by atoms with Crippen molar-refractivity contribution < 1.29 is 38.1 Å². The van der Waals surface area contributed by atoms with Crippen LogP contribution in [0, 0.1) is 0 Å². The summed E-state index contributed by atoms with van der Waals surface area (Å²) in [4.78, 5) is 81.7. The standard InChI is InChI=1S/C34H44N10O8S2/c1-17(49-3)25(41-33(47)51-5)31(45)43-11-7-9-21(43)27-35-13-19(39-27)23-15-37-29(53-23)30-38-16-24(54-30)20-14-36-28(40-20)22-10-8-12-44(22)32(46)26(18(2)50-4)42-34(48)52-6/h13-18,21-22,25-26H,7-12H2,1-6H3,(H,35,39)(H,36,40)(H,41,47)(H,42,48)/t17-,18-,21+,22+,25+,26+/m1/s1. The van der Waals surface area contributed by atoms with Crippen LogP contribution in [0.3, 0.4) is 0 Å². The van der Waals surface area contributed by atoms with Gasteiger partial charge in [0.05, 0.1) is 72.0 Å². The van der Waals surface area contributed by atoms with Crippen LogP contribution in [-0.2, 0) is 28.5 Å². The number of hydrogen-bond donors (Lipinski definition) is 4. The van der Waals surface area contributed by atoms with E-state index in [1.807, 2.05) is 0 Å². The second kappa shape index (κ2) is 17.0. The third-order valence-electron chi connectivity index (χ3n) is 9.75. The Kier molecular flexibility index (Phi) is 12.2. The van der Waals surface area contributed by atoms with Crippen molar-refractivity contribution in [2.24, 2.45) is 0 Å². The number of imidazole rings is 2. The summed E-state index contributed by atoms with van der Waals surface area (Å²) >= 11 is 2.92. The van der Waals surface area contributed by atoms with Crippen LogP contribution in [0.2, 0.25) is 0 Å². The zero-order chi connectivity index (χ0) is 38.5. The van der Waals surface area contributed by atoms with Gasteiger partial charge in [0.25, 0.3) is 0 Å². The van der Waals surface area contributed by atoms with Crippen LogP contribution in [0.1, 0.15) is 63.3 Å². The number of hydrogen-bond acceptors (Lipinski definition) is 14. The monoisotopic (exact) mass is 784 g/mol. The molecular weight excluding hydrogens is 741 g/mol. The molecule has 4 aromatic rings. The van der Waals surface area contributed by atoms with Gasteiger partial charge in [0.1, 0.15) is 23.7 Å². The van der Waals surface area contributed by atoms with Crippen LogP contribution in [0.4, 0.5) is 9.59 Å². The summed E-state index contributed by atoms with van der Waals surface area (Å²) in [5.41, 5.74) is 1.52. The Hall–Kier alpha value is -4.92. The average Bonchev–Trinajstić information content (AvgIpc) is 4.04. The third kappa shape index (κ3) is 8.10. The molecule has 6 heterocycles. The zero-order valence-electron chi connectivity index (χ0n) is 30.8. The minimum absolute atomic E-state index is 0.272. The first-order valence-corrected chi connectivity index (χ1v) is 19.1. The number of thiazole rings is 2. The van der Waals surface area contributed by atoms with E-state index in [9.17, 15) is 19.2 Å². The first kappa shape index (κ1) is 38.8. The van der Waals surface area contributed by atoms with Crippen molar-refractivity contribution in [3.63, 3.8) is 0 Å². The average molecular weight is 785 g/mol. The Morgan fingerprint density at radius 2 is 1.09 bits per heavy atom. The molecule has 2 aliphatic heterocycles. The fourth-order valence-electron chi connectivity index (χ4n) is 6.65. The van der Waals surface area contributed by atoms with Gasteiger partial charge in [0.2, 0.25) is 11.8 Å². The lowest BCUT2D eigenvalue weighted by molar-refractivity contribution is -0.138. The molecule has 6 rings (SSSR count). The molecule has 0 aliphatic carbocycles. The SMILES string of the molecule is COC(=O)N[C@H](C(=O)N1CCC[C@H]1c1ncc(-c2cnc(-c3ncc(-c4cnc([C@@H]5CCCN5C(=O)[C@@H](NC(=O)OC)[C@@H](C)OC)[nH]4)s3)s2)[nH]1)[C@@H](C)OC. The maximum atomic E-state index is 13.6. The van der Waals surface area contributed by atoms with E-state index in [-0.39, 0.29) is 23.9 Å². The number of amides is 4. The van der Waals surface area contributed by atoms with Crippen molar-refractivity contribution in [2.75, 3.05) is 41.5 Å².